The van der Waals surface area contributed by atoms with Gasteiger partial charge in [-0.05, 0) is 25.1 Å². The maximum Gasteiger partial charge on any atom is 0.137 e. The molecule has 0 saturated carbocycles. The first kappa shape index (κ1) is 15.5. The van der Waals surface area contributed by atoms with Crippen LogP contribution in [0.15, 0.2) is 18.2 Å². The van der Waals surface area contributed by atoms with Gasteiger partial charge in [0.15, 0.2) is 0 Å². The Morgan fingerprint density at radius 2 is 2.27 bits per heavy atom. The Labute approximate surface area is 134 Å². The van der Waals surface area contributed by atoms with Gasteiger partial charge in [0.1, 0.15) is 17.2 Å². The first-order chi connectivity index (χ1) is 10.5. The van der Waals surface area contributed by atoms with Gasteiger partial charge in [-0.1, -0.05) is 18.5 Å². The van der Waals surface area contributed by atoms with E-state index in [0.717, 1.165) is 29.0 Å². The quantitative estimate of drug-likeness (QED) is 0.906. The molecule has 1 aromatic carbocycles. The van der Waals surface area contributed by atoms with Gasteiger partial charge in [0.2, 0.25) is 0 Å². The summed E-state index contributed by atoms with van der Waals surface area (Å²) in [4.78, 5) is 9.05. The average molecular weight is 322 g/mol. The third-order valence-electron chi connectivity index (χ3n) is 4.24. The summed E-state index contributed by atoms with van der Waals surface area (Å²) in [5.41, 5.74) is -0.0552. The maximum atomic E-state index is 10.6. The van der Waals surface area contributed by atoms with Gasteiger partial charge in [0.05, 0.1) is 11.6 Å². The molecule has 0 radical (unpaired) electrons. The van der Waals surface area contributed by atoms with Gasteiger partial charge in [-0.2, -0.15) is 0 Å². The second-order valence-corrected chi connectivity index (χ2v) is 6.16. The average Bonchev–Trinajstić information content (AvgIpc) is 2.84. The lowest BCUT2D eigenvalue weighted by atomic mass is 9.97. The van der Waals surface area contributed by atoms with E-state index in [1.54, 1.807) is 0 Å². The van der Waals surface area contributed by atoms with E-state index in [1.807, 2.05) is 32.0 Å². The number of rotatable bonds is 4. The number of aliphatic hydroxyl groups is 1. The first-order valence-electron chi connectivity index (χ1n) is 7.56. The highest BCUT2D eigenvalue weighted by molar-refractivity contribution is 6.31. The molecule has 1 aromatic heterocycles. The molecule has 2 atom stereocenters. The fourth-order valence-electron chi connectivity index (χ4n) is 2.68. The van der Waals surface area contributed by atoms with E-state index in [0.29, 0.717) is 24.6 Å². The number of fused-ring (bicyclic) bond motifs is 1. The molecule has 2 unspecified atom stereocenters. The van der Waals surface area contributed by atoms with Crippen LogP contribution in [0.4, 0.5) is 5.82 Å². The zero-order chi connectivity index (χ0) is 15.7. The van der Waals surface area contributed by atoms with Crippen LogP contribution < -0.4 is 5.32 Å². The van der Waals surface area contributed by atoms with Crippen LogP contribution in [0.25, 0.3) is 10.9 Å². The van der Waals surface area contributed by atoms with Gasteiger partial charge < -0.3 is 15.2 Å². The van der Waals surface area contributed by atoms with Crippen molar-refractivity contribution in [2.24, 2.45) is 0 Å². The molecule has 118 valence electrons. The molecule has 0 bridgehead atoms. The Kier molecular flexibility index (Phi) is 4.21. The summed E-state index contributed by atoms with van der Waals surface area (Å²) >= 11 is 6.05. The molecule has 2 N–H and O–H groups in total. The summed E-state index contributed by atoms with van der Waals surface area (Å²) in [6.45, 7) is 4.88. The van der Waals surface area contributed by atoms with Crippen molar-refractivity contribution in [1.29, 1.82) is 0 Å². The largest absolute Gasteiger partial charge is 0.385 e. The second-order valence-electron chi connectivity index (χ2n) is 5.72. The minimum Gasteiger partial charge on any atom is -0.385 e. The molecule has 6 heteroatoms. The summed E-state index contributed by atoms with van der Waals surface area (Å²) in [6.07, 6.45) is 1.17. The molecule has 1 aliphatic rings. The van der Waals surface area contributed by atoms with Crippen molar-refractivity contribution in [1.82, 2.24) is 9.97 Å². The molecule has 1 saturated heterocycles. The van der Waals surface area contributed by atoms with Gasteiger partial charge in [0, 0.05) is 36.4 Å². The van der Waals surface area contributed by atoms with Crippen molar-refractivity contribution in [2.45, 2.75) is 38.4 Å². The fourth-order valence-corrected chi connectivity index (χ4v) is 2.85. The molecule has 0 aliphatic carbocycles. The zero-order valence-corrected chi connectivity index (χ0v) is 13.5. The third kappa shape index (κ3) is 2.89. The lowest BCUT2D eigenvalue weighted by Gasteiger charge is -2.26. The monoisotopic (exact) mass is 321 g/mol. The highest BCUT2D eigenvalue weighted by Gasteiger charge is 2.39. The molecule has 5 nitrogen and oxygen atoms in total. The highest BCUT2D eigenvalue weighted by atomic mass is 35.5. The number of nitrogens with zero attached hydrogens (tertiary/aromatic N) is 2. The minimum absolute atomic E-state index is 0.187. The van der Waals surface area contributed by atoms with E-state index < -0.39 is 5.60 Å². The molecule has 22 heavy (non-hydrogen) atoms. The van der Waals surface area contributed by atoms with Crippen molar-refractivity contribution in [3.63, 3.8) is 0 Å². The van der Waals surface area contributed by atoms with E-state index in [-0.39, 0.29) is 6.10 Å². The molecular weight excluding hydrogens is 302 g/mol. The first-order valence-corrected chi connectivity index (χ1v) is 7.93. The van der Waals surface area contributed by atoms with Crippen molar-refractivity contribution in [3.8, 4) is 0 Å². The normalized spacial score (nSPS) is 24.8. The maximum absolute atomic E-state index is 10.6. The number of hydrogen-bond donors (Lipinski definition) is 2. The molecule has 0 amide bonds. The molecule has 1 aliphatic heterocycles. The Morgan fingerprint density at radius 3 is 2.95 bits per heavy atom. The van der Waals surface area contributed by atoms with E-state index in [1.165, 1.54) is 0 Å². The van der Waals surface area contributed by atoms with Crippen LogP contribution in [0.1, 0.15) is 26.1 Å². The van der Waals surface area contributed by atoms with Crippen LogP contribution in [0.2, 0.25) is 5.02 Å². The minimum atomic E-state index is -0.865. The van der Waals surface area contributed by atoms with Gasteiger partial charge in [-0.3, -0.25) is 0 Å². The summed E-state index contributed by atoms with van der Waals surface area (Å²) in [5, 5.41) is 15.4. The SMILES string of the molecule is CCc1nc(NCC2(O)CCOC2C)c2ccc(Cl)cc2n1. The molecule has 3 rings (SSSR count). The Hall–Kier alpha value is -1.43. The Balaban J connectivity index is 1.92. The van der Waals surface area contributed by atoms with Crippen molar-refractivity contribution in [3.05, 3.63) is 29.0 Å². The third-order valence-corrected chi connectivity index (χ3v) is 4.48. The summed E-state index contributed by atoms with van der Waals surface area (Å²) in [5.74, 6) is 1.48. The number of hydrogen-bond acceptors (Lipinski definition) is 5. The molecule has 2 aromatic rings. The summed E-state index contributed by atoms with van der Waals surface area (Å²) < 4.78 is 5.46. The smallest absolute Gasteiger partial charge is 0.137 e. The molecular formula is C16H20ClN3O2. The van der Waals surface area contributed by atoms with Crippen LogP contribution in [-0.4, -0.2) is 39.9 Å². The predicted octanol–water partition coefficient (Wildman–Crippen LogP) is 2.80. The van der Waals surface area contributed by atoms with Gasteiger partial charge >= 0.3 is 0 Å². The summed E-state index contributed by atoms with van der Waals surface area (Å²) in [6, 6.07) is 5.55. The fraction of sp³-hybridized carbons (Fsp3) is 0.500. The van der Waals surface area contributed by atoms with Crippen molar-refractivity contribution >= 4 is 28.3 Å². The Bertz CT molecular complexity index is 694. The number of aromatic nitrogens is 2. The number of halogens is 1. The van der Waals surface area contributed by atoms with E-state index in [2.05, 4.69) is 15.3 Å². The van der Waals surface area contributed by atoms with Crippen LogP contribution in [0.5, 0.6) is 0 Å². The number of nitrogens with one attached hydrogen (secondary N) is 1. The van der Waals surface area contributed by atoms with Crippen LogP contribution >= 0.6 is 11.6 Å². The molecule has 2 heterocycles. The van der Waals surface area contributed by atoms with Gasteiger partial charge in [-0.15, -0.1) is 0 Å². The topological polar surface area (TPSA) is 67.3 Å². The predicted molar refractivity (Wildman–Crippen MR) is 87.4 cm³/mol. The Morgan fingerprint density at radius 1 is 1.45 bits per heavy atom. The molecule has 1 fully saturated rings. The highest BCUT2D eigenvalue weighted by Crippen LogP contribution is 2.28. The van der Waals surface area contributed by atoms with Crippen molar-refractivity contribution in [2.75, 3.05) is 18.5 Å². The van der Waals surface area contributed by atoms with Crippen LogP contribution in [-0.2, 0) is 11.2 Å². The van der Waals surface area contributed by atoms with Crippen LogP contribution in [0.3, 0.4) is 0 Å². The van der Waals surface area contributed by atoms with E-state index in [4.69, 9.17) is 16.3 Å². The summed E-state index contributed by atoms with van der Waals surface area (Å²) in [7, 11) is 0. The number of ether oxygens (including phenoxy) is 1. The number of aryl methyl sites for hydroxylation is 1. The van der Waals surface area contributed by atoms with E-state index in [9.17, 15) is 5.11 Å². The lowest BCUT2D eigenvalue weighted by Crippen LogP contribution is -2.43. The second kappa shape index (κ2) is 5.99. The lowest BCUT2D eigenvalue weighted by molar-refractivity contribution is -0.0176. The standard InChI is InChI=1S/C16H20ClN3O2/c1-3-14-19-13-8-11(17)4-5-12(13)15(20-14)18-9-16(21)6-7-22-10(16)2/h4-5,8,10,21H,3,6-7,9H2,1-2H3,(H,18,19,20). The number of benzene rings is 1. The van der Waals surface area contributed by atoms with Gasteiger partial charge in [0.25, 0.3) is 0 Å². The van der Waals surface area contributed by atoms with E-state index >= 15 is 0 Å². The molecule has 0 spiro atoms. The van der Waals surface area contributed by atoms with Gasteiger partial charge in [-0.25, -0.2) is 9.97 Å². The van der Waals surface area contributed by atoms with Crippen LogP contribution in [0, 0.1) is 0 Å². The van der Waals surface area contributed by atoms with Crippen molar-refractivity contribution < 1.29 is 9.84 Å². The number of anilines is 1. The zero-order valence-electron chi connectivity index (χ0n) is 12.8.